The van der Waals surface area contributed by atoms with Crippen molar-refractivity contribution in [1.82, 2.24) is 10.2 Å². The molecule has 2 unspecified atom stereocenters. The number of hydrogen-bond donors (Lipinski definition) is 2. The Labute approximate surface area is 128 Å². The minimum Gasteiger partial charge on any atom is -0.508 e. The summed E-state index contributed by atoms with van der Waals surface area (Å²) >= 11 is 0. The molecule has 2 rings (SSSR count). The van der Waals surface area contributed by atoms with Gasteiger partial charge in [-0.05, 0) is 56.5 Å². The number of benzene rings is 1. The molecule has 0 amide bonds. The zero-order chi connectivity index (χ0) is 13.9. The van der Waals surface area contributed by atoms with Gasteiger partial charge in [0.15, 0.2) is 0 Å². The van der Waals surface area contributed by atoms with Gasteiger partial charge < -0.3 is 15.3 Å². The van der Waals surface area contributed by atoms with E-state index >= 15 is 0 Å². The van der Waals surface area contributed by atoms with E-state index in [-0.39, 0.29) is 12.4 Å². The number of nitrogens with one attached hydrogen (secondary N) is 1. The molecule has 1 fully saturated rings. The van der Waals surface area contributed by atoms with Gasteiger partial charge in [0.25, 0.3) is 0 Å². The van der Waals surface area contributed by atoms with Crippen LogP contribution >= 0.6 is 12.4 Å². The molecule has 114 valence electrons. The molecule has 1 aliphatic heterocycles. The van der Waals surface area contributed by atoms with E-state index < -0.39 is 0 Å². The van der Waals surface area contributed by atoms with Crippen molar-refractivity contribution in [2.45, 2.75) is 32.7 Å². The van der Waals surface area contributed by atoms with Crippen molar-refractivity contribution in [1.29, 1.82) is 0 Å². The lowest BCUT2D eigenvalue weighted by atomic mass is 9.88. The van der Waals surface area contributed by atoms with Gasteiger partial charge in [0.05, 0.1) is 0 Å². The van der Waals surface area contributed by atoms with Gasteiger partial charge in [0.2, 0.25) is 0 Å². The first-order chi connectivity index (χ1) is 8.98. The van der Waals surface area contributed by atoms with Crippen molar-refractivity contribution < 1.29 is 5.11 Å². The maximum atomic E-state index is 9.31. The highest BCUT2D eigenvalue weighted by Crippen LogP contribution is 2.26. The van der Waals surface area contributed by atoms with Crippen LogP contribution in [0.25, 0.3) is 0 Å². The molecule has 2 atom stereocenters. The first-order valence-corrected chi connectivity index (χ1v) is 7.17. The van der Waals surface area contributed by atoms with E-state index in [0.717, 1.165) is 26.1 Å². The predicted octanol–water partition coefficient (Wildman–Crippen LogP) is 2.68. The summed E-state index contributed by atoms with van der Waals surface area (Å²) < 4.78 is 0. The van der Waals surface area contributed by atoms with Crippen molar-refractivity contribution >= 4 is 12.4 Å². The number of aromatic hydroxyl groups is 1. The third-order valence-electron chi connectivity index (χ3n) is 4.31. The van der Waals surface area contributed by atoms with Crippen molar-refractivity contribution in [2.75, 3.05) is 26.7 Å². The van der Waals surface area contributed by atoms with Crippen LogP contribution in [0, 0.1) is 5.41 Å². The SMILES string of the molecule is CC(Cc1ccc(O)cc1)N(C)CC1(C)CCNC1.Cl. The van der Waals surface area contributed by atoms with E-state index in [1.165, 1.54) is 12.0 Å². The number of halogens is 1. The van der Waals surface area contributed by atoms with Crippen molar-refractivity contribution in [3.63, 3.8) is 0 Å². The number of hydrogen-bond acceptors (Lipinski definition) is 3. The number of nitrogens with zero attached hydrogens (tertiary/aromatic N) is 1. The highest BCUT2D eigenvalue weighted by atomic mass is 35.5. The fourth-order valence-corrected chi connectivity index (χ4v) is 2.89. The molecular formula is C16H27ClN2O. The van der Waals surface area contributed by atoms with Crippen LogP contribution in [-0.2, 0) is 6.42 Å². The topological polar surface area (TPSA) is 35.5 Å². The van der Waals surface area contributed by atoms with E-state index in [2.05, 4.69) is 31.1 Å². The van der Waals surface area contributed by atoms with Crippen molar-refractivity contribution in [2.24, 2.45) is 5.41 Å². The Morgan fingerprint density at radius 3 is 2.55 bits per heavy atom. The number of phenolic OH excluding ortho intramolecular Hbond substituents is 1. The molecule has 1 aliphatic rings. The highest BCUT2D eigenvalue weighted by Gasteiger charge is 2.30. The maximum Gasteiger partial charge on any atom is 0.115 e. The third kappa shape index (κ3) is 4.65. The summed E-state index contributed by atoms with van der Waals surface area (Å²) in [5.41, 5.74) is 1.70. The normalized spacial score (nSPS) is 23.6. The van der Waals surface area contributed by atoms with Crippen LogP contribution in [-0.4, -0.2) is 42.7 Å². The van der Waals surface area contributed by atoms with Gasteiger partial charge in [0.1, 0.15) is 5.75 Å². The lowest BCUT2D eigenvalue weighted by Crippen LogP contribution is -2.40. The Morgan fingerprint density at radius 2 is 2.00 bits per heavy atom. The second-order valence-corrected chi connectivity index (χ2v) is 6.37. The molecule has 0 radical (unpaired) electrons. The molecular weight excluding hydrogens is 272 g/mol. The van der Waals surface area contributed by atoms with Crippen LogP contribution in [0.3, 0.4) is 0 Å². The first-order valence-electron chi connectivity index (χ1n) is 7.17. The van der Waals surface area contributed by atoms with E-state index in [9.17, 15) is 5.11 Å². The van der Waals surface area contributed by atoms with Crippen molar-refractivity contribution in [3.8, 4) is 5.75 Å². The molecule has 0 bridgehead atoms. The Morgan fingerprint density at radius 1 is 1.35 bits per heavy atom. The molecule has 20 heavy (non-hydrogen) atoms. The predicted molar refractivity (Wildman–Crippen MR) is 86.7 cm³/mol. The number of rotatable bonds is 5. The summed E-state index contributed by atoms with van der Waals surface area (Å²) in [5, 5.41) is 12.8. The van der Waals surface area contributed by atoms with Gasteiger partial charge in [-0.2, -0.15) is 0 Å². The summed E-state index contributed by atoms with van der Waals surface area (Å²) in [6, 6.07) is 8.08. The van der Waals surface area contributed by atoms with Crippen LogP contribution in [0.5, 0.6) is 5.75 Å². The van der Waals surface area contributed by atoms with Gasteiger partial charge in [0, 0.05) is 19.1 Å². The lowest BCUT2D eigenvalue weighted by molar-refractivity contribution is 0.167. The van der Waals surface area contributed by atoms with Crippen LogP contribution < -0.4 is 5.32 Å². The average molecular weight is 299 g/mol. The molecule has 1 aromatic rings. The van der Waals surface area contributed by atoms with E-state index in [0.29, 0.717) is 17.2 Å². The molecule has 0 aromatic heterocycles. The zero-order valence-corrected chi connectivity index (χ0v) is 13.5. The fourth-order valence-electron chi connectivity index (χ4n) is 2.89. The van der Waals surface area contributed by atoms with Gasteiger partial charge in [-0.15, -0.1) is 12.4 Å². The molecule has 0 spiro atoms. The molecule has 0 saturated carbocycles. The van der Waals surface area contributed by atoms with E-state index in [4.69, 9.17) is 0 Å². The molecule has 4 heteroatoms. The summed E-state index contributed by atoms with van der Waals surface area (Å²) in [6.07, 6.45) is 2.30. The molecule has 0 aliphatic carbocycles. The summed E-state index contributed by atoms with van der Waals surface area (Å²) in [7, 11) is 2.22. The third-order valence-corrected chi connectivity index (χ3v) is 4.31. The van der Waals surface area contributed by atoms with Crippen molar-refractivity contribution in [3.05, 3.63) is 29.8 Å². The van der Waals surface area contributed by atoms with Crippen LogP contribution in [0.2, 0.25) is 0 Å². The molecule has 1 saturated heterocycles. The molecule has 2 N–H and O–H groups in total. The van der Waals surface area contributed by atoms with Gasteiger partial charge in [-0.25, -0.2) is 0 Å². The number of likely N-dealkylation sites (N-methyl/N-ethyl adjacent to an activating group) is 1. The minimum atomic E-state index is 0. The van der Waals surface area contributed by atoms with Gasteiger partial charge in [-0.1, -0.05) is 19.1 Å². The minimum absolute atomic E-state index is 0. The largest absolute Gasteiger partial charge is 0.508 e. The quantitative estimate of drug-likeness (QED) is 0.877. The Hall–Kier alpha value is -0.770. The van der Waals surface area contributed by atoms with E-state index in [1.807, 2.05) is 12.1 Å². The second kappa shape index (κ2) is 7.30. The highest BCUT2D eigenvalue weighted by molar-refractivity contribution is 5.85. The van der Waals surface area contributed by atoms with Gasteiger partial charge >= 0.3 is 0 Å². The number of phenols is 1. The Bertz CT molecular complexity index is 401. The summed E-state index contributed by atoms with van der Waals surface area (Å²) in [5.74, 6) is 0.342. The van der Waals surface area contributed by atoms with E-state index in [1.54, 1.807) is 12.1 Å². The summed E-state index contributed by atoms with van der Waals surface area (Å²) in [4.78, 5) is 2.46. The monoisotopic (exact) mass is 298 g/mol. The summed E-state index contributed by atoms with van der Waals surface area (Å²) in [6.45, 7) is 8.06. The zero-order valence-electron chi connectivity index (χ0n) is 12.7. The maximum absolute atomic E-state index is 9.31. The molecule has 1 aromatic carbocycles. The average Bonchev–Trinajstić information content (AvgIpc) is 2.78. The van der Waals surface area contributed by atoms with Gasteiger partial charge in [-0.3, -0.25) is 0 Å². The Balaban J connectivity index is 0.00000200. The Kier molecular flexibility index (Phi) is 6.31. The second-order valence-electron chi connectivity index (χ2n) is 6.37. The fraction of sp³-hybridized carbons (Fsp3) is 0.625. The lowest BCUT2D eigenvalue weighted by Gasteiger charge is -2.33. The standard InChI is InChI=1S/C16H26N2O.ClH/c1-13(10-14-4-6-15(19)7-5-14)18(3)12-16(2)8-9-17-11-16;/h4-7,13,17,19H,8-12H2,1-3H3;1H. The molecule has 1 heterocycles. The first kappa shape index (κ1) is 17.3. The smallest absolute Gasteiger partial charge is 0.115 e. The molecule has 3 nitrogen and oxygen atoms in total. The van der Waals surface area contributed by atoms with Crippen LogP contribution in [0.1, 0.15) is 25.8 Å². The van der Waals surface area contributed by atoms with Crippen LogP contribution in [0.4, 0.5) is 0 Å². The van der Waals surface area contributed by atoms with Crippen LogP contribution in [0.15, 0.2) is 24.3 Å².